The standard InChI is InChI=1S/C16H26N2O/c1-13(14-4-6-15(17)7-5-14)8-10-18-11-9-16-3-2-12-19-16/h4-7,13,16,18H,2-3,8-12,17H2,1H3. The van der Waals surface area contributed by atoms with Gasteiger partial charge in [-0.3, -0.25) is 0 Å². The molecular weight excluding hydrogens is 236 g/mol. The number of nitrogens with two attached hydrogens (primary N) is 1. The van der Waals surface area contributed by atoms with E-state index in [1.807, 2.05) is 12.1 Å². The first-order valence-corrected chi connectivity index (χ1v) is 7.43. The number of rotatable bonds is 7. The van der Waals surface area contributed by atoms with Gasteiger partial charge in [0.1, 0.15) is 0 Å². The molecule has 1 aliphatic heterocycles. The molecule has 0 spiro atoms. The summed E-state index contributed by atoms with van der Waals surface area (Å²) in [6.07, 6.45) is 5.29. The van der Waals surface area contributed by atoms with E-state index in [4.69, 9.17) is 10.5 Å². The summed E-state index contributed by atoms with van der Waals surface area (Å²) in [6, 6.07) is 8.23. The lowest BCUT2D eigenvalue weighted by atomic mass is 9.97. The first-order valence-electron chi connectivity index (χ1n) is 7.43. The van der Waals surface area contributed by atoms with E-state index in [0.717, 1.165) is 38.2 Å². The molecule has 0 aliphatic carbocycles. The Balaban J connectivity index is 1.58. The average molecular weight is 262 g/mol. The van der Waals surface area contributed by atoms with Crippen molar-refractivity contribution >= 4 is 5.69 Å². The molecule has 3 heteroatoms. The lowest BCUT2D eigenvalue weighted by Gasteiger charge is -2.14. The summed E-state index contributed by atoms with van der Waals surface area (Å²) in [7, 11) is 0. The molecule has 3 nitrogen and oxygen atoms in total. The van der Waals surface area contributed by atoms with Gasteiger partial charge in [0.15, 0.2) is 0 Å². The SMILES string of the molecule is CC(CCNCCC1CCCO1)c1ccc(N)cc1. The van der Waals surface area contributed by atoms with Crippen molar-refractivity contribution < 1.29 is 4.74 Å². The quantitative estimate of drug-likeness (QED) is 0.587. The van der Waals surface area contributed by atoms with Crippen LogP contribution in [0.4, 0.5) is 5.69 Å². The molecule has 3 N–H and O–H groups in total. The molecule has 0 bridgehead atoms. The van der Waals surface area contributed by atoms with Crippen LogP contribution >= 0.6 is 0 Å². The molecule has 1 aliphatic rings. The van der Waals surface area contributed by atoms with Gasteiger partial charge in [-0.25, -0.2) is 0 Å². The van der Waals surface area contributed by atoms with Crippen LogP contribution in [0.5, 0.6) is 0 Å². The number of ether oxygens (including phenoxy) is 1. The summed E-state index contributed by atoms with van der Waals surface area (Å²) >= 11 is 0. The van der Waals surface area contributed by atoms with Crippen molar-refractivity contribution in [3.05, 3.63) is 29.8 Å². The molecule has 106 valence electrons. The fourth-order valence-electron chi connectivity index (χ4n) is 2.57. The van der Waals surface area contributed by atoms with E-state index in [9.17, 15) is 0 Å². The van der Waals surface area contributed by atoms with Crippen molar-refractivity contribution in [1.82, 2.24) is 5.32 Å². The zero-order valence-corrected chi connectivity index (χ0v) is 11.9. The fraction of sp³-hybridized carbons (Fsp3) is 0.625. The maximum Gasteiger partial charge on any atom is 0.0588 e. The maximum atomic E-state index is 5.70. The molecule has 1 heterocycles. The third-order valence-corrected chi connectivity index (χ3v) is 3.93. The van der Waals surface area contributed by atoms with E-state index in [2.05, 4.69) is 24.4 Å². The lowest BCUT2D eigenvalue weighted by molar-refractivity contribution is 0.104. The van der Waals surface area contributed by atoms with Gasteiger partial charge in [0.25, 0.3) is 0 Å². The van der Waals surface area contributed by atoms with Gasteiger partial charge in [-0.05, 0) is 62.4 Å². The molecule has 2 atom stereocenters. The highest BCUT2D eigenvalue weighted by atomic mass is 16.5. The predicted octanol–water partition coefficient (Wildman–Crippen LogP) is 2.92. The summed E-state index contributed by atoms with van der Waals surface area (Å²) in [5, 5.41) is 3.52. The number of nitrogens with one attached hydrogen (secondary N) is 1. The van der Waals surface area contributed by atoms with Gasteiger partial charge in [-0.15, -0.1) is 0 Å². The van der Waals surface area contributed by atoms with E-state index < -0.39 is 0 Å². The van der Waals surface area contributed by atoms with E-state index >= 15 is 0 Å². The van der Waals surface area contributed by atoms with Gasteiger partial charge in [0, 0.05) is 12.3 Å². The third kappa shape index (κ3) is 4.84. The Morgan fingerprint density at radius 3 is 2.79 bits per heavy atom. The lowest BCUT2D eigenvalue weighted by Crippen LogP contribution is -2.22. The summed E-state index contributed by atoms with van der Waals surface area (Å²) < 4.78 is 5.61. The van der Waals surface area contributed by atoms with Gasteiger partial charge < -0.3 is 15.8 Å². The van der Waals surface area contributed by atoms with E-state index in [0.29, 0.717) is 12.0 Å². The number of nitrogen functional groups attached to an aromatic ring is 1. The van der Waals surface area contributed by atoms with E-state index in [1.165, 1.54) is 18.4 Å². The van der Waals surface area contributed by atoms with Crippen molar-refractivity contribution in [2.45, 2.75) is 44.6 Å². The van der Waals surface area contributed by atoms with E-state index in [-0.39, 0.29) is 0 Å². The topological polar surface area (TPSA) is 47.3 Å². The Labute approximate surface area is 116 Å². The maximum absolute atomic E-state index is 5.70. The predicted molar refractivity (Wildman–Crippen MR) is 80.3 cm³/mol. The minimum atomic E-state index is 0.502. The molecule has 2 rings (SSSR count). The van der Waals surface area contributed by atoms with Crippen molar-refractivity contribution in [3.8, 4) is 0 Å². The highest BCUT2D eigenvalue weighted by molar-refractivity contribution is 5.40. The summed E-state index contributed by atoms with van der Waals surface area (Å²) in [5.74, 6) is 0.579. The third-order valence-electron chi connectivity index (χ3n) is 3.93. The Hall–Kier alpha value is -1.06. The summed E-state index contributed by atoms with van der Waals surface area (Å²) in [5.41, 5.74) is 7.91. The normalized spacial score (nSPS) is 20.6. The van der Waals surface area contributed by atoms with Gasteiger partial charge in [0.05, 0.1) is 6.10 Å². The van der Waals surface area contributed by atoms with Crippen molar-refractivity contribution in [1.29, 1.82) is 0 Å². The molecule has 0 radical (unpaired) electrons. The first kappa shape index (κ1) is 14.4. The van der Waals surface area contributed by atoms with Gasteiger partial charge in [0.2, 0.25) is 0 Å². The summed E-state index contributed by atoms with van der Waals surface area (Å²) in [6.45, 7) is 5.36. The van der Waals surface area contributed by atoms with Crippen molar-refractivity contribution in [3.63, 3.8) is 0 Å². The molecule has 1 saturated heterocycles. The molecule has 19 heavy (non-hydrogen) atoms. The van der Waals surface area contributed by atoms with Crippen molar-refractivity contribution in [2.24, 2.45) is 0 Å². The van der Waals surface area contributed by atoms with Gasteiger partial charge in [-0.1, -0.05) is 19.1 Å². The molecule has 2 unspecified atom stereocenters. The Kier molecular flexibility index (Phi) is 5.67. The highest BCUT2D eigenvalue weighted by Crippen LogP contribution is 2.19. The van der Waals surface area contributed by atoms with Crippen LogP contribution in [0.3, 0.4) is 0 Å². The molecule has 1 aromatic rings. The van der Waals surface area contributed by atoms with Crippen LogP contribution in [0.1, 0.15) is 44.1 Å². The Morgan fingerprint density at radius 1 is 1.32 bits per heavy atom. The second-order valence-electron chi connectivity index (χ2n) is 5.53. The monoisotopic (exact) mass is 262 g/mol. The Morgan fingerprint density at radius 2 is 2.11 bits per heavy atom. The molecule has 1 aromatic carbocycles. The number of anilines is 1. The summed E-state index contributed by atoms with van der Waals surface area (Å²) in [4.78, 5) is 0. The van der Waals surface area contributed by atoms with Crippen LogP contribution in [-0.4, -0.2) is 25.8 Å². The van der Waals surface area contributed by atoms with Crippen molar-refractivity contribution in [2.75, 3.05) is 25.4 Å². The smallest absolute Gasteiger partial charge is 0.0588 e. The van der Waals surface area contributed by atoms with Gasteiger partial charge >= 0.3 is 0 Å². The minimum absolute atomic E-state index is 0.502. The molecule has 0 aromatic heterocycles. The van der Waals surface area contributed by atoms with Crippen LogP contribution in [0.25, 0.3) is 0 Å². The molecular formula is C16H26N2O. The average Bonchev–Trinajstić information content (AvgIpc) is 2.92. The second kappa shape index (κ2) is 7.51. The van der Waals surface area contributed by atoms with E-state index in [1.54, 1.807) is 0 Å². The van der Waals surface area contributed by atoms with Crippen LogP contribution in [0.15, 0.2) is 24.3 Å². The fourth-order valence-corrected chi connectivity index (χ4v) is 2.57. The molecule has 1 fully saturated rings. The number of hydrogen-bond acceptors (Lipinski definition) is 3. The highest BCUT2D eigenvalue weighted by Gasteiger charge is 2.14. The van der Waals surface area contributed by atoms with Crippen LogP contribution in [0, 0.1) is 0 Å². The van der Waals surface area contributed by atoms with Crippen LogP contribution in [0.2, 0.25) is 0 Å². The number of hydrogen-bond donors (Lipinski definition) is 2. The zero-order valence-electron chi connectivity index (χ0n) is 11.9. The van der Waals surface area contributed by atoms with Crippen LogP contribution < -0.4 is 11.1 Å². The van der Waals surface area contributed by atoms with Gasteiger partial charge in [-0.2, -0.15) is 0 Å². The largest absolute Gasteiger partial charge is 0.399 e. The van der Waals surface area contributed by atoms with Crippen LogP contribution in [-0.2, 0) is 4.74 Å². The Bertz CT molecular complexity index is 358. The molecule has 0 saturated carbocycles. The number of benzene rings is 1. The molecule has 0 amide bonds. The zero-order chi connectivity index (χ0) is 13.5. The second-order valence-corrected chi connectivity index (χ2v) is 5.53. The minimum Gasteiger partial charge on any atom is -0.399 e. The first-order chi connectivity index (χ1) is 9.25.